The number of para-hydroxylation sites is 2. The Balaban J connectivity index is 0.976. The second kappa shape index (κ2) is 12.9. The van der Waals surface area contributed by atoms with Crippen LogP contribution in [-0.4, -0.2) is 0 Å². The second-order valence-corrected chi connectivity index (χ2v) is 20.6. The van der Waals surface area contributed by atoms with E-state index in [4.69, 9.17) is 4.42 Å². The van der Waals surface area contributed by atoms with E-state index in [9.17, 15) is 0 Å². The maximum Gasteiger partial charge on any atom is 0.143 e. The quantitative estimate of drug-likeness (QED) is 0.176. The molecular weight excluding hydrogens is 751 g/mol. The monoisotopic (exact) mass is 803 g/mol. The molecule has 7 aromatic carbocycles. The Morgan fingerprint density at radius 2 is 1.23 bits per heavy atom. The summed E-state index contributed by atoms with van der Waals surface area (Å²) >= 11 is 0. The predicted octanol–water partition coefficient (Wildman–Crippen LogP) is 16.2. The number of anilines is 3. The molecule has 2 nitrogen and oxygen atoms in total. The molecule has 4 unspecified atom stereocenters. The van der Waals surface area contributed by atoms with Crippen LogP contribution < -0.4 is 4.90 Å². The molecule has 0 N–H and O–H groups in total. The molecule has 2 spiro atoms. The molecule has 14 rings (SSSR count). The van der Waals surface area contributed by atoms with Crippen LogP contribution in [0.4, 0.5) is 17.1 Å². The summed E-state index contributed by atoms with van der Waals surface area (Å²) in [5, 5.41) is 2.33. The SMILES string of the molecule is C[C@@H]1CC2C[C@@H](C1)[C@@]1(c3ccccc3-c3cc(N(c4ccc(-c5cccc6c5oc5ccccc56)cc4)c4cccc5c4-c4ccccc4C54CC5CCC4C5)ccc31)[C@@H](C)C2. The standard InChI is InChI=1S/C60H53NO/c1-36-29-39-31-37(2)60(42(30-36)33-39)52-17-7-3-11-46(52)50-34-44(27-28-53(50)60)61(43-25-22-40(23-26-43)45-14-9-15-48-47-12-5-8-20-56(47)62-58(45)48)55-19-10-18-54-57(55)49-13-4-6-16-51(49)59(54)35-38-21-24-41(59)32-38/h3-20,22-23,25-28,34,36-39,41-42H,21,24,29-33,35H2,1-2H3/t36-,37+,38?,39?,41?,42-,59?,60-/m1/s1. The van der Waals surface area contributed by atoms with Crippen LogP contribution in [0.2, 0.25) is 0 Å². The fourth-order valence-electron chi connectivity index (χ4n) is 15.6. The first kappa shape index (κ1) is 35.7. The molecule has 8 aromatic rings. The molecule has 62 heavy (non-hydrogen) atoms. The zero-order chi connectivity index (χ0) is 40.9. The smallest absolute Gasteiger partial charge is 0.143 e. The molecule has 2 heteroatoms. The topological polar surface area (TPSA) is 16.4 Å². The van der Waals surface area contributed by atoms with Gasteiger partial charge in [0, 0.05) is 44.1 Å². The summed E-state index contributed by atoms with van der Waals surface area (Å²) in [4.78, 5) is 2.62. The van der Waals surface area contributed by atoms with Gasteiger partial charge < -0.3 is 9.32 Å². The van der Waals surface area contributed by atoms with Gasteiger partial charge in [-0.25, -0.2) is 0 Å². The lowest BCUT2D eigenvalue weighted by molar-refractivity contribution is 0.0426. The number of benzene rings is 7. The third-order valence-corrected chi connectivity index (χ3v) is 17.6. The van der Waals surface area contributed by atoms with Crippen molar-refractivity contribution >= 4 is 39.0 Å². The van der Waals surface area contributed by atoms with Crippen LogP contribution in [-0.2, 0) is 10.8 Å². The van der Waals surface area contributed by atoms with Gasteiger partial charge in [0.05, 0.1) is 5.69 Å². The number of hydrogen-bond acceptors (Lipinski definition) is 2. The average molecular weight is 804 g/mol. The molecule has 4 fully saturated rings. The van der Waals surface area contributed by atoms with E-state index in [0.29, 0.717) is 17.8 Å². The van der Waals surface area contributed by atoms with Crippen LogP contribution in [0.25, 0.3) is 55.3 Å². The average Bonchev–Trinajstić information content (AvgIpc) is 4.13. The van der Waals surface area contributed by atoms with Crippen molar-refractivity contribution in [1.29, 1.82) is 0 Å². The van der Waals surface area contributed by atoms with E-state index in [1.165, 1.54) is 107 Å². The van der Waals surface area contributed by atoms with Gasteiger partial charge in [-0.2, -0.15) is 0 Å². The second-order valence-electron chi connectivity index (χ2n) is 20.6. The van der Waals surface area contributed by atoms with Crippen LogP contribution in [0.15, 0.2) is 156 Å². The van der Waals surface area contributed by atoms with Gasteiger partial charge in [-0.15, -0.1) is 0 Å². The predicted molar refractivity (Wildman–Crippen MR) is 255 cm³/mol. The highest BCUT2D eigenvalue weighted by Crippen LogP contribution is 2.68. The lowest BCUT2D eigenvalue weighted by Crippen LogP contribution is -2.49. The Labute approximate surface area is 365 Å². The van der Waals surface area contributed by atoms with Crippen molar-refractivity contribution in [2.45, 2.75) is 76.0 Å². The molecule has 304 valence electrons. The lowest BCUT2D eigenvalue weighted by Gasteiger charge is -2.54. The highest BCUT2D eigenvalue weighted by Gasteiger charge is 2.58. The molecule has 1 aromatic heterocycles. The van der Waals surface area contributed by atoms with Crippen LogP contribution in [0.1, 0.15) is 87.5 Å². The van der Waals surface area contributed by atoms with E-state index < -0.39 is 0 Å². The lowest BCUT2D eigenvalue weighted by atomic mass is 9.49. The summed E-state index contributed by atoms with van der Waals surface area (Å²) in [6, 6.07) is 58.3. The van der Waals surface area contributed by atoms with Crippen molar-refractivity contribution < 1.29 is 4.42 Å². The minimum Gasteiger partial charge on any atom is -0.455 e. The molecule has 0 aliphatic heterocycles. The normalized spacial score (nSPS) is 28.4. The van der Waals surface area contributed by atoms with Crippen molar-refractivity contribution in [3.8, 4) is 33.4 Å². The highest BCUT2D eigenvalue weighted by atomic mass is 16.3. The molecule has 6 aliphatic rings. The minimum absolute atomic E-state index is 0.0703. The first-order chi connectivity index (χ1) is 30.5. The van der Waals surface area contributed by atoms with Gasteiger partial charge >= 0.3 is 0 Å². The molecular formula is C60H53NO. The van der Waals surface area contributed by atoms with E-state index in [1.807, 2.05) is 0 Å². The van der Waals surface area contributed by atoms with Crippen molar-refractivity contribution in [3.05, 3.63) is 174 Å². The summed E-state index contributed by atoms with van der Waals surface area (Å²) in [6.07, 6.45) is 10.8. The van der Waals surface area contributed by atoms with Gasteiger partial charge in [0.25, 0.3) is 0 Å². The molecule has 0 saturated heterocycles. The maximum absolute atomic E-state index is 6.55. The molecule has 0 radical (unpaired) electrons. The summed E-state index contributed by atoms with van der Waals surface area (Å²) in [6.45, 7) is 5.11. The van der Waals surface area contributed by atoms with Crippen LogP contribution in [0.5, 0.6) is 0 Å². The maximum atomic E-state index is 6.55. The molecule has 6 aliphatic carbocycles. The number of fused-ring (bicyclic) bond motifs is 19. The van der Waals surface area contributed by atoms with E-state index in [0.717, 1.165) is 34.5 Å². The molecule has 1 heterocycles. The third kappa shape index (κ3) is 4.61. The first-order valence-electron chi connectivity index (χ1n) is 23.8. The Bertz CT molecular complexity index is 3130. The Morgan fingerprint density at radius 3 is 2.08 bits per heavy atom. The summed E-state index contributed by atoms with van der Waals surface area (Å²) in [5.74, 6) is 4.48. The number of hydrogen-bond donors (Lipinski definition) is 0. The Morgan fingerprint density at radius 1 is 0.516 bits per heavy atom. The summed E-state index contributed by atoms with van der Waals surface area (Å²) in [5.41, 5.74) is 20.1. The summed E-state index contributed by atoms with van der Waals surface area (Å²) in [7, 11) is 0. The van der Waals surface area contributed by atoms with E-state index in [-0.39, 0.29) is 10.8 Å². The number of furan rings is 1. The van der Waals surface area contributed by atoms with Crippen LogP contribution in [0, 0.1) is 35.5 Å². The van der Waals surface area contributed by atoms with E-state index >= 15 is 0 Å². The van der Waals surface area contributed by atoms with Gasteiger partial charge in [-0.1, -0.05) is 136 Å². The first-order valence-corrected chi connectivity index (χ1v) is 23.8. The van der Waals surface area contributed by atoms with Gasteiger partial charge in [0.15, 0.2) is 0 Å². The Hall–Kier alpha value is -5.86. The molecule has 0 amide bonds. The molecule has 4 saturated carbocycles. The van der Waals surface area contributed by atoms with Crippen LogP contribution >= 0.6 is 0 Å². The zero-order valence-electron chi connectivity index (χ0n) is 35.9. The van der Waals surface area contributed by atoms with Crippen molar-refractivity contribution in [3.63, 3.8) is 0 Å². The van der Waals surface area contributed by atoms with E-state index in [2.05, 4.69) is 170 Å². The zero-order valence-corrected chi connectivity index (χ0v) is 35.9. The van der Waals surface area contributed by atoms with Crippen molar-refractivity contribution in [1.82, 2.24) is 0 Å². The molecule has 4 bridgehead atoms. The van der Waals surface area contributed by atoms with Gasteiger partial charge in [-0.05, 0) is 161 Å². The van der Waals surface area contributed by atoms with Gasteiger partial charge in [0.1, 0.15) is 11.2 Å². The summed E-state index contributed by atoms with van der Waals surface area (Å²) < 4.78 is 6.55. The van der Waals surface area contributed by atoms with Crippen LogP contribution in [0.3, 0.4) is 0 Å². The highest BCUT2D eigenvalue weighted by molar-refractivity contribution is 6.09. The largest absolute Gasteiger partial charge is 0.455 e. The van der Waals surface area contributed by atoms with Crippen molar-refractivity contribution in [2.75, 3.05) is 4.90 Å². The fraction of sp³-hybridized carbons (Fsp3) is 0.300. The number of nitrogens with zero attached hydrogens (tertiary/aromatic N) is 1. The van der Waals surface area contributed by atoms with E-state index in [1.54, 1.807) is 22.3 Å². The van der Waals surface area contributed by atoms with Gasteiger partial charge in [0.2, 0.25) is 0 Å². The fourth-order valence-corrected chi connectivity index (χ4v) is 15.6. The van der Waals surface area contributed by atoms with Gasteiger partial charge in [-0.3, -0.25) is 0 Å². The Kier molecular flexibility index (Phi) is 7.40. The minimum atomic E-state index is 0.0703. The number of rotatable bonds is 4. The molecule has 8 atom stereocenters. The van der Waals surface area contributed by atoms with Crippen molar-refractivity contribution in [2.24, 2.45) is 35.5 Å². The third-order valence-electron chi connectivity index (χ3n) is 17.6.